The van der Waals surface area contributed by atoms with Gasteiger partial charge in [-0.15, -0.1) is 11.8 Å². The summed E-state index contributed by atoms with van der Waals surface area (Å²) in [5.74, 6) is -1.17. The Morgan fingerprint density at radius 3 is 2.53 bits per heavy atom. The van der Waals surface area contributed by atoms with Crippen LogP contribution in [0.3, 0.4) is 0 Å². The molecule has 1 aromatic carbocycles. The van der Waals surface area contributed by atoms with Crippen molar-refractivity contribution in [1.82, 2.24) is 29.1 Å². The molecule has 14 heteroatoms. The fourth-order valence-electron chi connectivity index (χ4n) is 4.81. The largest absolute Gasteiger partial charge is 0.458 e. The summed E-state index contributed by atoms with van der Waals surface area (Å²) in [7, 11) is -4.02. The smallest absolute Gasteiger partial charge is 0.332 e. The summed E-state index contributed by atoms with van der Waals surface area (Å²) in [5.41, 5.74) is 1.19. The molecule has 0 bridgehead atoms. The number of benzene rings is 1. The van der Waals surface area contributed by atoms with Crippen molar-refractivity contribution < 1.29 is 22.7 Å². The highest BCUT2D eigenvalue weighted by molar-refractivity contribution is 8.01. The molecule has 5 rings (SSSR count). The Morgan fingerprint density at radius 2 is 1.86 bits per heavy atom. The number of hydrogen-bond acceptors (Lipinski definition) is 9. The van der Waals surface area contributed by atoms with Crippen LogP contribution in [0.5, 0.6) is 0 Å². The molecule has 0 saturated carbocycles. The molecule has 1 unspecified atom stereocenters. The molecule has 4 aromatic rings. The fourth-order valence-corrected chi connectivity index (χ4v) is 7.92. The summed E-state index contributed by atoms with van der Waals surface area (Å²) >= 11 is 1.33. The van der Waals surface area contributed by atoms with E-state index in [1.807, 2.05) is 0 Å². The van der Waals surface area contributed by atoms with Gasteiger partial charge in [0, 0.05) is 30.3 Å². The highest BCUT2D eigenvalue weighted by Gasteiger charge is 2.45. The molecular weight excluding hydrogens is 592 g/mol. The zero-order valence-corrected chi connectivity index (χ0v) is 25.7. The molecule has 3 atom stereocenters. The summed E-state index contributed by atoms with van der Waals surface area (Å²) < 4.78 is 35.0. The van der Waals surface area contributed by atoms with Gasteiger partial charge in [-0.1, -0.05) is 19.1 Å². The van der Waals surface area contributed by atoms with Gasteiger partial charge in [-0.3, -0.25) is 9.78 Å². The first-order chi connectivity index (χ1) is 20.3. The van der Waals surface area contributed by atoms with E-state index < -0.39 is 39.6 Å². The maximum Gasteiger partial charge on any atom is 0.332 e. The van der Waals surface area contributed by atoms with Crippen LogP contribution in [0.4, 0.5) is 0 Å². The van der Waals surface area contributed by atoms with Crippen molar-refractivity contribution in [1.29, 1.82) is 0 Å². The minimum atomic E-state index is -4.02. The molecule has 1 aliphatic heterocycles. The summed E-state index contributed by atoms with van der Waals surface area (Å²) in [6.07, 6.45) is 4.39. The third kappa shape index (κ3) is 6.50. The Hall–Kier alpha value is -4.01. The average Bonchev–Trinajstić information content (AvgIpc) is 3.52. The number of aromatic nitrogens is 4. The number of esters is 1. The zero-order chi connectivity index (χ0) is 30.9. The van der Waals surface area contributed by atoms with Gasteiger partial charge in [0.25, 0.3) is 0 Å². The number of aromatic amines is 1. The number of amides is 1. The van der Waals surface area contributed by atoms with Gasteiger partial charge < -0.3 is 15.0 Å². The number of rotatable bonds is 8. The van der Waals surface area contributed by atoms with Crippen LogP contribution >= 0.6 is 11.8 Å². The van der Waals surface area contributed by atoms with E-state index in [0.717, 1.165) is 4.31 Å². The van der Waals surface area contributed by atoms with Gasteiger partial charge in [-0.25, -0.2) is 27.6 Å². The normalized spacial score (nSPS) is 18.4. The number of carbonyl (C=O) groups is 2. The summed E-state index contributed by atoms with van der Waals surface area (Å²) in [6.45, 7) is 6.95. The lowest BCUT2D eigenvalue weighted by atomic mass is 10.0. The number of H-pyrrole nitrogens is 1. The van der Waals surface area contributed by atoms with Crippen molar-refractivity contribution >= 4 is 44.8 Å². The maximum atomic E-state index is 13.7. The molecule has 1 fully saturated rings. The van der Waals surface area contributed by atoms with Crippen molar-refractivity contribution in [2.45, 2.75) is 61.9 Å². The van der Waals surface area contributed by atoms with E-state index in [1.165, 1.54) is 40.9 Å². The summed E-state index contributed by atoms with van der Waals surface area (Å²) in [4.78, 5) is 50.5. The van der Waals surface area contributed by atoms with Crippen molar-refractivity contribution in [2.24, 2.45) is 0 Å². The van der Waals surface area contributed by atoms with E-state index >= 15 is 0 Å². The molecule has 4 heterocycles. The number of nitrogens with zero attached hydrogens (tertiary/aromatic N) is 4. The van der Waals surface area contributed by atoms with E-state index in [-0.39, 0.29) is 28.1 Å². The monoisotopic (exact) mass is 624 g/mol. The SMILES string of the molecule is CC1SCN(S(=O)(=O)c2cccnc2)[C@@H]1C(=O)N[C@@H](Cc1ccc(-n2c(=O)[nH]c3cccnc32)cc1)C(=O)OC(C)(C)C. The minimum absolute atomic E-state index is 0.0178. The Kier molecular flexibility index (Phi) is 8.45. The number of imidazole rings is 1. The number of ether oxygens (including phenoxy) is 1. The van der Waals surface area contributed by atoms with Crippen LogP contribution in [0, 0.1) is 0 Å². The minimum Gasteiger partial charge on any atom is -0.458 e. The van der Waals surface area contributed by atoms with Gasteiger partial charge in [-0.05, 0) is 62.7 Å². The van der Waals surface area contributed by atoms with Crippen LogP contribution < -0.4 is 11.0 Å². The first-order valence-electron chi connectivity index (χ1n) is 13.6. The first-order valence-corrected chi connectivity index (χ1v) is 16.1. The van der Waals surface area contributed by atoms with E-state index in [1.54, 1.807) is 70.3 Å². The second-order valence-corrected chi connectivity index (χ2v) is 14.4. The number of thioether (sulfide) groups is 1. The van der Waals surface area contributed by atoms with Crippen LogP contribution in [-0.4, -0.2) is 72.9 Å². The summed E-state index contributed by atoms with van der Waals surface area (Å²) in [5, 5.41) is 2.40. The van der Waals surface area contributed by atoms with Crippen LogP contribution in [-0.2, 0) is 30.8 Å². The maximum absolute atomic E-state index is 13.7. The van der Waals surface area contributed by atoms with Crippen LogP contribution in [0.25, 0.3) is 16.9 Å². The van der Waals surface area contributed by atoms with Crippen LogP contribution in [0.2, 0.25) is 0 Å². The molecule has 0 radical (unpaired) electrons. The van der Waals surface area contributed by atoms with Crippen molar-refractivity contribution in [2.75, 3.05) is 5.88 Å². The molecule has 0 spiro atoms. The van der Waals surface area contributed by atoms with E-state index in [9.17, 15) is 22.8 Å². The number of pyridine rings is 2. The number of hydrogen-bond donors (Lipinski definition) is 2. The second-order valence-electron chi connectivity index (χ2n) is 11.1. The molecule has 1 saturated heterocycles. The molecule has 3 aromatic heterocycles. The van der Waals surface area contributed by atoms with Gasteiger partial charge in [0.05, 0.1) is 17.1 Å². The predicted octanol–water partition coefficient (Wildman–Crippen LogP) is 2.63. The molecule has 1 amide bonds. The van der Waals surface area contributed by atoms with E-state index in [4.69, 9.17) is 4.74 Å². The molecule has 0 aliphatic carbocycles. The average molecular weight is 625 g/mol. The summed E-state index contributed by atoms with van der Waals surface area (Å²) in [6, 6.07) is 11.2. The predicted molar refractivity (Wildman–Crippen MR) is 162 cm³/mol. The Labute approximate surface area is 252 Å². The Bertz CT molecular complexity index is 1800. The number of nitrogens with one attached hydrogen (secondary N) is 2. The quantitative estimate of drug-likeness (QED) is 0.281. The van der Waals surface area contributed by atoms with Crippen molar-refractivity contribution in [3.63, 3.8) is 0 Å². The highest BCUT2D eigenvalue weighted by Crippen LogP contribution is 2.34. The van der Waals surface area contributed by atoms with Crippen molar-refractivity contribution in [3.8, 4) is 5.69 Å². The van der Waals surface area contributed by atoms with Crippen LogP contribution in [0.1, 0.15) is 33.3 Å². The van der Waals surface area contributed by atoms with Crippen LogP contribution in [0.15, 0.2) is 76.8 Å². The van der Waals surface area contributed by atoms with Gasteiger partial charge >= 0.3 is 11.7 Å². The lowest BCUT2D eigenvalue weighted by Gasteiger charge is -2.28. The third-order valence-electron chi connectivity index (χ3n) is 6.81. The standard InChI is InChI=1S/C29H32N6O6S2/c1-18-24(34(17-42-18)43(39,40)21-7-5-13-30-16-21)26(36)32-23(27(37)41-29(2,3)4)15-19-9-11-20(12-10-19)35-25-22(33-28(35)38)8-6-14-31-25/h5-14,16,18,23-24H,15,17H2,1-4H3,(H,32,36)(H,33,38)/t18?,23-,24-/m0/s1. The molecule has 2 N–H and O–H groups in total. The Balaban J connectivity index is 1.40. The van der Waals surface area contributed by atoms with Gasteiger partial charge in [0.1, 0.15) is 22.6 Å². The number of sulfonamides is 1. The van der Waals surface area contributed by atoms with Crippen molar-refractivity contribution in [3.05, 3.63) is 83.2 Å². The second kappa shape index (κ2) is 11.9. The molecule has 1 aliphatic rings. The van der Waals surface area contributed by atoms with Gasteiger partial charge in [0.2, 0.25) is 15.9 Å². The van der Waals surface area contributed by atoms with Gasteiger partial charge in [-0.2, -0.15) is 4.31 Å². The molecule has 12 nitrogen and oxygen atoms in total. The lowest BCUT2D eigenvalue weighted by Crippen LogP contribution is -2.54. The topological polar surface area (TPSA) is 156 Å². The lowest BCUT2D eigenvalue weighted by molar-refractivity contribution is -0.158. The molecule has 226 valence electrons. The number of carbonyl (C=O) groups excluding carboxylic acids is 2. The highest BCUT2D eigenvalue weighted by atomic mass is 32.2. The zero-order valence-electron chi connectivity index (χ0n) is 24.1. The first kappa shape index (κ1) is 30.4. The third-order valence-corrected chi connectivity index (χ3v) is 10.00. The van der Waals surface area contributed by atoms with E-state index in [0.29, 0.717) is 22.4 Å². The molecule has 43 heavy (non-hydrogen) atoms. The number of fused-ring (bicyclic) bond motifs is 1. The van der Waals surface area contributed by atoms with E-state index in [2.05, 4.69) is 20.3 Å². The van der Waals surface area contributed by atoms with Gasteiger partial charge in [0.15, 0.2) is 5.65 Å². The fraction of sp³-hybridized carbons (Fsp3) is 0.345. The molecular formula is C29H32N6O6S2. The Morgan fingerprint density at radius 1 is 1.14 bits per heavy atom.